The number of aryl methyl sites for hydroxylation is 1. The fourth-order valence-electron chi connectivity index (χ4n) is 9.06. The van der Waals surface area contributed by atoms with Gasteiger partial charge in [-0.05, 0) is 105 Å². The van der Waals surface area contributed by atoms with Crippen molar-refractivity contribution in [1.29, 1.82) is 5.26 Å². The lowest BCUT2D eigenvalue weighted by Gasteiger charge is -2.51. The smallest absolute Gasteiger partial charge is 0.419 e. The van der Waals surface area contributed by atoms with E-state index in [1.54, 1.807) is 23.1 Å². The number of alkyl halides is 3. The molecule has 6 aliphatic rings. The van der Waals surface area contributed by atoms with Crippen LogP contribution in [0.4, 0.5) is 35.9 Å². The number of amides is 4. The van der Waals surface area contributed by atoms with Gasteiger partial charge in [0.1, 0.15) is 30.0 Å². The predicted octanol–water partition coefficient (Wildman–Crippen LogP) is 5.40. The van der Waals surface area contributed by atoms with Crippen molar-refractivity contribution in [3.63, 3.8) is 0 Å². The average molecular weight is 880 g/mol. The maximum atomic E-state index is 14.0. The van der Waals surface area contributed by atoms with Gasteiger partial charge in [-0.15, -0.1) is 12.4 Å². The molecule has 2 aromatic carbocycles. The molecule has 1 aromatic heterocycles. The lowest BCUT2D eigenvalue weighted by Crippen LogP contribution is -2.63. The van der Waals surface area contributed by atoms with Crippen LogP contribution in [0.25, 0.3) is 0 Å². The van der Waals surface area contributed by atoms with Gasteiger partial charge in [-0.1, -0.05) is 13.0 Å². The van der Waals surface area contributed by atoms with Crippen LogP contribution in [0.2, 0.25) is 0 Å². The molecule has 0 radical (unpaired) electrons. The molecule has 19 heteroatoms. The second-order valence-electron chi connectivity index (χ2n) is 15.9. The SMILES string of the molecule is CCc1cc(N2C(=S)N(c3cnc(C#N)c(C(F)(F)F)c3)C(=O)C23CCC3)ccc1OCCN1C[C@@H]2CC[C@H]1CN2CC(=O)Nc1cccc(NC2CCC(=O)NC2=O)c1.Cl. The van der Waals surface area contributed by atoms with Gasteiger partial charge in [-0.25, -0.2) is 4.98 Å². The number of nitriles is 1. The molecule has 2 bridgehead atoms. The van der Waals surface area contributed by atoms with Crippen molar-refractivity contribution in [2.75, 3.05) is 53.2 Å². The summed E-state index contributed by atoms with van der Waals surface area (Å²) >= 11 is 5.80. The molecule has 9 rings (SSSR count). The molecule has 4 amide bonds. The summed E-state index contributed by atoms with van der Waals surface area (Å²) in [5.74, 6) is -0.488. The summed E-state index contributed by atoms with van der Waals surface area (Å²) in [4.78, 5) is 62.0. The van der Waals surface area contributed by atoms with E-state index in [0.29, 0.717) is 61.6 Å². The first kappa shape index (κ1) is 43.7. The van der Waals surface area contributed by atoms with Gasteiger partial charge < -0.3 is 20.3 Å². The second kappa shape index (κ2) is 17.6. The zero-order valence-corrected chi connectivity index (χ0v) is 34.9. The number of nitrogens with zero attached hydrogens (tertiary/aromatic N) is 6. The highest BCUT2D eigenvalue weighted by Crippen LogP contribution is 2.49. The van der Waals surface area contributed by atoms with Crippen LogP contribution in [0.15, 0.2) is 54.7 Å². The van der Waals surface area contributed by atoms with Crippen LogP contribution in [-0.4, -0.2) is 100.0 Å². The van der Waals surface area contributed by atoms with Gasteiger partial charge in [0.25, 0.3) is 5.91 Å². The lowest BCUT2D eigenvalue weighted by molar-refractivity contribution is -0.138. The Labute approximate surface area is 362 Å². The number of pyridine rings is 1. The topological polar surface area (TPSA) is 163 Å². The van der Waals surface area contributed by atoms with Crippen LogP contribution in [0.3, 0.4) is 0 Å². The maximum Gasteiger partial charge on any atom is 0.419 e. The van der Waals surface area contributed by atoms with E-state index in [2.05, 4.69) is 30.7 Å². The van der Waals surface area contributed by atoms with Gasteiger partial charge in [0, 0.05) is 55.2 Å². The minimum atomic E-state index is -4.85. The number of carbonyl (C=O) groups is 4. The van der Waals surface area contributed by atoms with Crippen molar-refractivity contribution in [2.24, 2.45) is 0 Å². The molecule has 1 spiro atoms. The van der Waals surface area contributed by atoms with E-state index in [0.717, 1.165) is 55.1 Å². The Hall–Kier alpha value is -5.35. The molecule has 61 heavy (non-hydrogen) atoms. The number of halogens is 4. The van der Waals surface area contributed by atoms with Gasteiger partial charge >= 0.3 is 6.18 Å². The molecule has 322 valence electrons. The maximum absolute atomic E-state index is 14.0. The third kappa shape index (κ3) is 8.61. The summed E-state index contributed by atoms with van der Waals surface area (Å²) < 4.78 is 47.8. The fraction of sp³-hybridized carbons (Fsp3) is 0.452. The number of nitrogens with one attached hydrogen (secondary N) is 3. The molecule has 5 aliphatic heterocycles. The zero-order chi connectivity index (χ0) is 42.3. The molecule has 1 saturated carbocycles. The monoisotopic (exact) mass is 879 g/mol. The zero-order valence-electron chi connectivity index (χ0n) is 33.3. The van der Waals surface area contributed by atoms with E-state index in [-0.39, 0.29) is 66.0 Å². The molecule has 6 fully saturated rings. The molecular weight excluding hydrogens is 835 g/mol. The van der Waals surface area contributed by atoms with Crippen molar-refractivity contribution in [2.45, 2.75) is 88.1 Å². The summed E-state index contributed by atoms with van der Waals surface area (Å²) in [7, 11) is 0. The Balaban J connectivity index is 0.00000561. The third-order valence-electron chi connectivity index (χ3n) is 12.3. The molecule has 6 heterocycles. The first-order valence-electron chi connectivity index (χ1n) is 20.2. The van der Waals surface area contributed by atoms with Gasteiger partial charge in [-0.3, -0.25) is 39.2 Å². The summed E-state index contributed by atoms with van der Waals surface area (Å²) in [6.45, 7) is 4.95. The standard InChI is InChI=1S/C42H44F3N9O5S.ClH/c1-2-25-17-28(54-40(60)53(39(58)41(54)13-4-14-41)31-19-32(42(43,44)45)34(20-46)47-21-31)9-11-35(25)59-16-15-51-22-30-8-7-29(51)23-52(30)24-37(56)49-27-6-3-5-26(18-27)48-33-10-12-36(55)50-38(33)57;/h3,5-6,9,11,17-19,21,29-30,33,48H,2,4,7-8,10,12-16,22-24H2,1H3,(H,49,56)(H,50,55,57);1H/t29-,30-,33?;/m0./s1. The quantitative estimate of drug-likeness (QED) is 0.157. The summed E-state index contributed by atoms with van der Waals surface area (Å²) in [6.07, 6.45) is 1.27. The average Bonchev–Trinajstić information content (AvgIpc) is 3.45. The Kier molecular flexibility index (Phi) is 12.6. The second-order valence-corrected chi connectivity index (χ2v) is 16.3. The highest BCUT2D eigenvalue weighted by molar-refractivity contribution is 7.81. The molecule has 5 saturated heterocycles. The fourth-order valence-corrected chi connectivity index (χ4v) is 9.53. The van der Waals surface area contributed by atoms with Crippen molar-refractivity contribution < 1.29 is 37.1 Å². The van der Waals surface area contributed by atoms with E-state index in [9.17, 15) is 37.6 Å². The number of hydrogen-bond acceptors (Lipinski definition) is 11. The number of aromatic nitrogens is 1. The Morgan fingerprint density at radius 3 is 2.43 bits per heavy atom. The molecule has 3 N–H and O–H groups in total. The molecular formula is C42H45ClF3N9O5S. The summed E-state index contributed by atoms with van der Waals surface area (Å²) in [5, 5.41) is 17.8. The largest absolute Gasteiger partial charge is 0.492 e. The highest BCUT2D eigenvalue weighted by Gasteiger charge is 2.60. The number of anilines is 4. The number of rotatable bonds is 12. The number of thiocarbonyl (C=S) groups is 1. The van der Waals surface area contributed by atoms with Crippen molar-refractivity contribution in [3.8, 4) is 11.8 Å². The number of imide groups is 1. The van der Waals surface area contributed by atoms with E-state index in [4.69, 9.17) is 17.0 Å². The highest BCUT2D eigenvalue weighted by atomic mass is 35.5. The van der Waals surface area contributed by atoms with Crippen molar-refractivity contribution >= 4 is 76.1 Å². The van der Waals surface area contributed by atoms with E-state index >= 15 is 0 Å². The number of benzene rings is 2. The number of ether oxygens (including phenoxy) is 1. The van der Waals surface area contributed by atoms with Gasteiger partial charge in [0.15, 0.2) is 10.8 Å². The number of carbonyl (C=O) groups excluding carboxylic acids is 4. The molecule has 1 aliphatic carbocycles. The van der Waals surface area contributed by atoms with Crippen molar-refractivity contribution in [1.82, 2.24) is 20.1 Å². The summed E-state index contributed by atoms with van der Waals surface area (Å²) in [6, 6.07) is 15.0. The van der Waals surface area contributed by atoms with Crippen LogP contribution in [0, 0.1) is 11.3 Å². The first-order chi connectivity index (χ1) is 28.8. The number of piperazine rings is 1. The molecule has 14 nitrogen and oxygen atoms in total. The van der Waals surface area contributed by atoms with Crippen LogP contribution in [-0.2, 0) is 31.8 Å². The lowest BCUT2D eigenvalue weighted by atomic mass is 9.75. The van der Waals surface area contributed by atoms with Crippen molar-refractivity contribution in [3.05, 3.63) is 71.5 Å². The van der Waals surface area contributed by atoms with Crippen LogP contribution < -0.4 is 30.5 Å². The Bertz CT molecular complexity index is 2290. The van der Waals surface area contributed by atoms with Crippen LogP contribution >= 0.6 is 24.6 Å². The number of fused-ring (bicyclic) bond motifs is 3. The Morgan fingerprint density at radius 1 is 1.03 bits per heavy atom. The number of hydrogen-bond donors (Lipinski definition) is 3. The normalized spacial score (nSPS) is 22.4. The number of piperidine rings is 3. The minimum absolute atomic E-state index is 0. The van der Waals surface area contributed by atoms with Gasteiger partial charge in [-0.2, -0.15) is 18.4 Å². The van der Waals surface area contributed by atoms with E-state index in [1.807, 2.05) is 31.2 Å². The third-order valence-corrected chi connectivity index (χ3v) is 12.6. The van der Waals surface area contributed by atoms with E-state index in [1.165, 1.54) is 6.07 Å². The minimum Gasteiger partial charge on any atom is -0.492 e. The predicted molar refractivity (Wildman–Crippen MR) is 226 cm³/mol. The molecule has 3 aromatic rings. The first-order valence-corrected chi connectivity index (χ1v) is 20.6. The summed E-state index contributed by atoms with van der Waals surface area (Å²) in [5.41, 5.74) is -0.343. The van der Waals surface area contributed by atoms with Crippen LogP contribution in [0.1, 0.15) is 68.7 Å². The van der Waals surface area contributed by atoms with Crippen LogP contribution in [0.5, 0.6) is 5.75 Å². The molecule has 1 unspecified atom stereocenters. The van der Waals surface area contributed by atoms with E-state index < -0.39 is 34.9 Å². The Morgan fingerprint density at radius 2 is 1.77 bits per heavy atom. The molecule has 3 atom stereocenters. The van der Waals surface area contributed by atoms with Gasteiger partial charge in [0.05, 0.1) is 24.0 Å². The van der Waals surface area contributed by atoms with Gasteiger partial charge in [0.2, 0.25) is 17.7 Å².